The Morgan fingerprint density at radius 1 is 1.22 bits per heavy atom. The zero-order valence-corrected chi connectivity index (χ0v) is 12.6. The molecule has 0 aliphatic carbocycles. The van der Waals surface area contributed by atoms with Gasteiger partial charge < -0.3 is 15.8 Å². The molecule has 2 aromatic carbocycles. The minimum absolute atomic E-state index is 0.236. The molecule has 0 aromatic heterocycles. The van der Waals surface area contributed by atoms with Crippen LogP contribution in [0.3, 0.4) is 0 Å². The van der Waals surface area contributed by atoms with Gasteiger partial charge in [-0.25, -0.2) is 4.39 Å². The molecule has 3 N–H and O–H groups in total. The highest BCUT2D eigenvalue weighted by Gasteiger charge is 2.19. The van der Waals surface area contributed by atoms with Crippen LogP contribution in [0, 0.1) is 5.82 Å². The second-order valence-corrected chi connectivity index (χ2v) is 4.99. The van der Waals surface area contributed by atoms with E-state index >= 15 is 0 Å². The van der Waals surface area contributed by atoms with Crippen molar-refractivity contribution in [2.24, 2.45) is 5.73 Å². The summed E-state index contributed by atoms with van der Waals surface area (Å²) in [6, 6.07) is 11.3. The number of primary amides is 1. The van der Waals surface area contributed by atoms with Crippen molar-refractivity contribution >= 4 is 11.8 Å². The van der Waals surface area contributed by atoms with Gasteiger partial charge in [0.05, 0.1) is 7.11 Å². The summed E-state index contributed by atoms with van der Waals surface area (Å²) in [6.45, 7) is 0. The maximum Gasteiger partial charge on any atom is 0.251 e. The fourth-order valence-corrected chi connectivity index (χ4v) is 2.10. The van der Waals surface area contributed by atoms with Crippen LogP contribution in [0.1, 0.15) is 15.9 Å². The number of carbonyl (C=O) groups excluding carboxylic acids is 2. The van der Waals surface area contributed by atoms with Gasteiger partial charge in [0.15, 0.2) is 0 Å². The van der Waals surface area contributed by atoms with E-state index in [2.05, 4.69) is 5.32 Å². The summed E-state index contributed by atoms with van der Waals surface area (Å²) in [4.78, 5) is 23.7. The van der Waals surface area contributed by atoms with E-state index in [0.717, 1.165) is 5.56 Å². The Hall–Kier alpha value is -2.89. The Bertz CT molecular complexity index is 701. The summed E-state index contributed by atoms with van der Waals surface area (Å²) in [7, 11) is 1.54. The van der Waals surface area contributed by atoms with Crippen molar-refractivity contribution in [3.05, 3.63) is 65.5 Å². The van der Waals surface area contributed by atoms with Crippen molar-refractivity contribution in [3.8, 4) is 5.75 Å². The Labute approximate surface area is 133 Å². The number of hydrogen-bond donors (Lipinski definition) is 2. The van der Waals surface area contributed by atoms with Gasteiger partial charge in [0.2, 0.25) is 5.91 Å². The number of halogens is 1. The highest BCUT2D eigenvalue weighted by molar-refractivity contribution is 5.97. The van der Waals surface area contributed by atoms with Gasteiger partial charge in [-0.3, -0.25) is 9.59 Å². The maximum atomic E-state index is 12.9. The van der Waals surface area contributed by atoms with Crippen LogP contribution in [0.25, 0.3) is 0 Å². The Morgan fingerprint density at radius 3 is 2.52 bits per heavy atom. The summed E-state index contributed by atoms with van der Waals surface area (Å²) in [6.07, 6.45) is 0.236. The fourth-order valence-electron chi connectivity index (χ4n) is 2.10. The van der Waals surface area contributed by atoms with Crippen LogP contribution >= 0.6 is 0 Å². The first-order valence-electron chi connectivity index (χ1n) is 6.98. The summed E-state index contributed by atoms with van der Waals surface area (Å²) < 4.78 is 18.0. The topological polar surface area (TPSA) is 81.4 Å². The monoisotopic (exact) mass is 316 g/mol. The minimum atomic E-state index is -0.875. The van der Waals surface area contributed by atoms with E-state index in [1.165, 1.54) is 24.3 Å². The summed E-state index contributed by atoms with van der Waals surface area (Å²) >= 11 is 0. The molecule has 23 heavy (non-hydrogen) atoms. The molecule has 0 radical (unpaired) electrons. The van der Waals surface area contributed by atoms with Crippen molar-refractivity contribution in [2.45, 2.75) is 12.5 Å². The molecule has 0 bridgehead atoms. The Morgan fingerprint density at radius 2 is 1.91 bits per heavy atom. The highest BCUT2D eigenvalue weighted by atomic mass is 19.1. The van der Waals surface area contributed by atoms with Gasteiger partial charge in [-0.05, 0) is 42.0 Å². The largest absolute Gasteiger partial charge is 0.497 e. The molecule has 2 amide bonds. The summed E-state index contributed by atoms with van der Waals surface area (Å²) in [5.74, 6) is -0.931. The second-order valence-electron chi connectivity index (χ2n) is 4.99. The zero-order valence-electron chi connectivity index (χ0n) is 12.6. The number of amides is 2. The van der Waals surface area contributed by atoms with Gasteiger partial charge >= 0.3 is 0 Å². The first-order chi connectivity index (χ1) is 11.0. The van der Waals surface area contributed by atoms with Gasteiger partial charge in [-0.15, -0.1) is 0 Å². The standard InChI is InChI=1S/C17H17FN2O3/c1-23-14-4-2-3-11(9-14)10-15(16(19)21)20-17(22)12-5-7-13(18)8-6-12/h2-9,15H,10H2,1H3,(H2,19,21)(H,20,22)/t15-/m1/s1. The van der Waals surface area contributed by atoms with Crippen LogP contribution < -0.4 is 15.8 Å². The van der Waals surface area contributed by atoms with Gasteiger partial charge in [0, 0.05) is 12.0 Å². The van der Waals surface area contributed by atoms with Gasteiger partial charge in [-0.2, -0.15) is 0 Å². The Balaban J connectivity index is 2.10. The van der Waals surface area contributed by atoms with Crippen LogP contribution in [0.5, 0.6) is 5.75 Å². The molecule has 2 rings (SSSR count). The van der Waals surface area contributed by atoms with E-state index in [0.29, 0.717) is 5.75 Å². The first-order valence-corrected chi connectivity index (χ1v) is 6.98. The van der Waals surface area contributed by atoms with Crippen LogP contribution in [0.4, 0.5) is 4.39 Å². The lowest BCUT2D eigenvalue weighted by Crippen LogP contribution is -2.45. The van der Waals surface area contributed by atoms with Gasteiger partial charge in [-0.1, -0.05) is 12.1 Å². The van der Waals surface area contributed by atoms with E-state index in [4.69, 9.17) is 10.5 Å². The number of ether oxygens (including phenoxy) is 1. The van der Waals surface area contributed by atoms with Crippen LogP contribution in [0.15, 0.2) is 48.5 Å². The molecule has 120 valence electrons. The average Bonchev–Trinajstić information content (AvgIpc) is 2.54. The molecule has 0 aliphatic rings. The molecule has 0 spiro atoms. The lowest BCUT2D eigenvalue weighted by molar-refractivity contribution is -0.119. The van der Waals surface area contributed by atoms with Crippen LogP contribution in [-0.2, 0) is 11.2 Å². The van der Waals surface area contributed by atoms with Gasteiger partial charge in [0.1, 0.15) is 17.6 Å². The predicted octanol–water partition coefficient (Wildman–Crippen LogP) is 1.66. The smallest absolute Gasteiger partial charge is 0.251 e. The van der Waals surface area contributed by atoms with Crippen molar-refractivity contribution in [1.82, 2.24) is 5.32 Å². The molecule has 6 heteroatoms. The lowest BCUT2D eigenvalue weighted by Gasteiger charge is -2.16. The molecule has 0 heterocycles. The minimum Gasteiger partial charge on any atom is -0.497 e. The third kappa shape index (κ3) is 4.54. The molecule has 1 atom stereocenters. The van der Waals surface area contributed by atoms with E-state index in [-0.39, 0.29) is 12.0 Å². The maximum absolute atomic E-state index is 12.9. The SMILES string of the molecule is COc1cccc(C[C@@H](NC(=O)c2ccc(F)cc2)C(N)=O)c1. The number of nitrogens with two attached hydrogens (primary N) is 1. The van der Waals surface area contributed by atoms with Crippen LogP contribution in [0.2, 0.25) is 0 Å². The van der Waals surface area contributed by atoms with E-state index in [9.17, 15) is 14.0 Å². The average molecular weight is 316 g/mol. The van der Waals surface area contributed by atoms with Crippen LogP contribution in [-0.4, -0.2) is 25.0 Å². The first kappa shape index (κ1) is 16.5. The number of carbonyl (C=O) groups is 2. The van der Waals surface area contributed by atoms with E-state index < -0.39 is 23.7 Å². The number of hydrogen-bond acceptors (Lipinski definition) is 3. The van der Waals surface area contributed by atoms with Crippen molar-refractivity contribution in [2.75, 3.05) is 7.11 Å². The third-order valence-electron chi connectivity index (χ3n) is 3.33. The summed E-state index contributed by atoms with van der Waals surface area (Å²) in [5.41, 5.74) is 6.41. The molecule has 0 fully saturated rings. The lowest BCUT2D eigenvalue weighted by atomic mass is 10.0. The number of rotatable bonds is 6. The third-order valence-corrected chi connectivity index (χ3v) is 3.33. The predicted molar refractivity (Wildman–Crippen MR) is 83.5 cm³/mol. The summed E-state index contributed by atoms with van der Waals surface area (Å²) in [5, 5.41) is 2.56. The van der Waals surface area contributed by atoms with Crippen molar-refractivity contribution < 1.29 is 18.7 Å². The molecule has 0 unspecified atom stereocenters. The molecule has 2 aromatic rings. The molecular weight excluding hydrogens is 299 g/mol. The number of benzene rings is 2. The quantitative estimate of drug-likeness (QED) is 0.850. The number of nitrogens with one attached hydrogen (secondary N) is 1. The van der Waals surface area contributed by atoms with E-state index in [1.54, 1.807) is 25.3 Å². The Kier molecular flexibility index (Phi) is 5.30. The molecule has 0 saturated carbocycles. The fraction of sp³-hybridized carbons (Fsp3) is 0.176. The highest BCUT2D eigenvalue weighted by Crippen LogP contribution is 2.14. The van der Waals surface area contributed by atoms with Crippen molar-refractivity contribution in [1.29, 1.82) is 0 Å². The number of methoxy groups -OCH3 is 1. The zero-order chi connectivity index (χ0) is 16.8. The van der Waals surface area contributed by atoms with E-state index in [1.807, 2.05) is 6.07 Å². The van der Waals surface area contributed by atoms with Gasteiger partial charge in [0.25, 0.3) is 5.91 Å². The second kappa shape index (κ2) is 7.40. The van der Waals surface area contributed by atoms with Crippen molar-refractivity contribution in [3.63, 3.8) is 0 Å². The normalized spacial score (nSPS) is 11.6. The molecule has 5 nitrogen and oxygen atoms in total. The molecule has 0 aliphatic heterocycles. The molecule has 0 saturated heterocycles. The molecular formula is C17H17FN2O3.